The summed E-state index contributed by atoms with van der Waals surface area (Å²) in [6, 6.07) is 10.3. The highest BCUT2D eigenvalue weighted by Crippen LogP contribution is 2.17. The third-order valence-corrected chi connectivity index (χ3v) is 3.91. The first kappa shape index (κ1) is 16.2. The van der Waals surface area contributed by atoms with E-state index in [0.29, 0.717) is 12.5 Å². The highest BCUT2D eigenvalue weighted by atomic mass is 35.5. The van der Waals surface area contributed by atoms with Gasteiger partial charge in [0, 0.05) is 24.6 Å². The molecule has 0 N–H and O–H groups in total. The minimum atomic E-state index is 0. The summed E-state index contributed by atoms with van der Waals surface area (Å²) in [7, 11) is 0. The molecule has 1 saturated heterocycles. The number of carbonyl (C=O) groups is 1. The molecular formula is C16H24ClNO. The Hall–Kier alpha value is -0.860. The largest absolute Gasteiger partial charge is 0.300 e. The van der Waals surface area contributed by atoms with Crippen LogP contribution in [0.2, 0.25) is 0 Å². The smallest absolute Gasteiger partial charge is 0.164 e. The van der Waals surface area contributed by atoms with Crippen LogP contribution in [-0.2, 0) is 0 Å². The van der Waals surface area contributed by atoms with E-state index in [2.05, 4.69) is 11.8 Å². The topological polar surface area (TPSA) is 20.3 Å². The zero-order valence-corrected chi connectivity index (χ0v) is 12.5. The van der Waals surface area contributed by atoms with Crippen LogP contribution in [0, 0.1) is 0 Å². The summed E-state index contributed by atoms with van der Waals surface area (Å²) in [5.74, 6) is 0.270. The van der Waals surface area contributed by atoms with Crippen LogP contribution < -0.4 is 0 Å². The molecule has 1 unspecified atom stereocenters. The Kier molecular flexibility index (Phi) is 7.11. The van der Waals surface area contributed by atoms with Gasteiger partial charge in [-0.1, -0.05) is 43.2 Å². The lowest BCUT2D eigenvalue weighted by Gasteiger charge is -2.26. The van der Waals surface area contributed by atoms with Gasteiger partial charge in [-0.05, 0) is 26.3 Å². The van der Waals surface area contributed by atoms with Crippen LogP contribution in [0.5, 0.6) is 0 Å². The SMILES string of the molecule is CC1CCCCCN1CCC(=O)c1ccccc1.Cl. The first-order chi connectivity index (χ1) is 8.77. The standard InChI is InChI=1S/C16H23NO.ClH/c1-14-8-4-3-7-12-17(14)13-11-16(18)15-9-5-2-6-10-15;/h2,5-6,9-10,14H,3-4,7-8,11-13H2,1H3;1H. The molecule has 0 saturated carbocycles. The number of halogens is 1. The molecule has 0 amide bonds. The van der Waals surface area contributed by atoms with E-state index in [1.54, 1.807) is 0 Å². The Morgan fingerprint density at radius 1 is 1.21 bits per heavy atom. The van der Waals surface area contributed by atoms with E-state index in [9.17, 15) is 4.79 Å². The average molecular weight is 282 g/mol. The first-order valence-corrected chi connectivity index (χ1v) is 7.09. The predicted molar refractivity (Wildman–Crippen MR) is 82.1 cm³/mol. The maximum absolute atomic E-state index is 12.1. The fourth-order valence-corrected chi connectivity index (χ4v) is 2.68. The fraction of sp³-hybridized carbons (Fsp3) is 0.562. The van der Waals surface area contributed by atoms with Crippen LogP contribution in [-0.4, -0.2) is 29.8 Å². The van der Waals surface area contributed by atoms with Crippen LogP contribution >= 0.6 is 12.4 Å². The second-order valence-electron chi connectivity index (χ2n) is 5.27. The van der Waals surface area contributed by atoms with Crippen LogP contribution in [0.3, 0.4) is 0 Å². The van der Waals surface area contributed by atoms with Crippen LogP contribution in [0.4, 0.5) is 0 Å². The lowest BCUT2D eigenvalue weighted by molar-refractivity contribution is 0.0954. The van der Waals surface area contributed by atoms with Gasteiger partial charge in [0.15, 0.2) is 5.78 Å². The third kappa shape index (κ3) is 4.96. The molecule has 1 fully saturated rings. The summed E-state index contributed by atoms with van der Waals surface area (Å²) in [6.45, 7) is 4.36. The van der Waals surface area contributed by atoms with Gasteiger partial charge in [0.2, 0.25) is 0 Å². The van der Waals surface area contributed by atoms with Crippen molar-refractivity contribution in [3.8, 4) is 0 Å². The quantitative estimate of drug-likeness (QED) is 0.779. The summed E-state index contributed by atoms with van der Waals surface area (Å²) >= 11 is 0. The Labute approximate surface area is 122 Å². The van der Waals surface area contributed by atoms with Gasteiger partial charge >= 0.3 is 0 Å². The van der Waals surface area contributed by atoms with Crippen molar-refractivity contribution >= 4 is 18.2 Å². The molecule has 1 atom stereocenters. The molecule has 19 heavy (non-hydrogen) atoms. The Bertz CT molecular complexity index is 380. The number of carbonyl (C=O) groups excluding carboxylic acids is 1. The number of likely N-dealkylation sites (tertiary alicyclic amines) is 1. The predicted octanol–water partition coefficient (Wildman–Crippen LogP) is 3.95. The zero-order valence-electron chi connectivity index (χ0n) is 11.7. The molecule has 2 rings (SSSR count). The van der Waals surface area contributed by atoms with Crippen LogP contribution in [0.1, 0.15) is 49.4 Å². The summed E-state index contributed by atoms with van der Waals surface area (Å²) in [5, 5.41) is 0. The Balaban J connectivity index is 0.00000180. The second kappa shape index (κ2) is 8.34. The maximum Gasteiger partial charge on any atom is 0.164 e. The average Bonchev–Trinajstić information content (AvgIpc) is 2.62. The second-order valence-corrected chi connectivity index (χ2v) is 5.27. The summed E-state index contributed by atoms with van der Waals surface area (Å²) in [4.78, 5) is 14.5. The van der Waals surface area contributed by atoms with Crippen molar-refractivity contribution in [2.45, 2.75) is 45.1 Å². The number of nitrogens with zero attached hydrogens (tertiary/aromatic N) is 1. The monoisotopic (exact) mass is 281 g/mol. The first-order valence-electron chi connectivity index (χ1n) is 7.09. The van der Waals surface area contributed by atoms with Gasteiger partial charge in [0.25, 0.3) is 0 Å². The van der Waals surface area contributed by atoms with Gasteiger partial charge in [-0.2, -0.15) is 0 Å². The molecule has 0 bridgehead atoms. The molecule has 1 aliphatic rings. The summed E-state index contributed by atoms with van der Waals surface area (Å²) < 4.78 is 0. The van der Waals surface area contributed by atoms with E-state index < -0.39 is 0 Å². The lowest BCUT2D eigenvalue weighted by atomic mass is 10.1. The van der Waals surface area contributed by atoms with Gasteiger partial charge in [0.1, 0.15) is 0 Å². The van der Waals surface area contributed by atoms with E-state index in [1.165, 1.54) is 25.7 Å². The van der Waals surface area contributed by atoms with Gasteiger partial charge in [-0.25, -0.2) is 0 Å². The number of Topliss-reactive ketones (excluding diaryl/α,β-unsaturated/α-hetero) is 1. The molecule has 106 valence electrons. The molecule has 0 aromatic heterocycles. The fourth-order valence-electron chi connectivity index (χ4n) is 2.68. The van der Waals surface area contributed by atoms with Gasteiger partial charge in [-0.3, -0.25) is 4.79 Å². The molecule has 3 heteroatoms. The molecule has 1 heterocycles. The number of hydrogen-bond donors (Lipinski definition) is 0. The van der Waals surface area contributed by atoms with Gasteiger partial charge in [-0.15, -0.1) is 12.4 Å². The number of ketones is 1. The minimum absolute atomic E-state index is 0. The van der Waals surface area contributed by atoms with Gasteiger partial charge in [0.05, 0.1) is 0 Å². The normalized spacial score (nSPS) is 20.4. The van der Waals surface area contributed by atoms with Crippen LogP contribution in [0.25, 0.3) is 0 Å². The highest BCUT2D eigenvalue weighted by Gasteiger charge is 2.17. The third-order valence-electron chi connectivity index (χ3n) is 3.91. The van der Waals surface area contributed by atoms with Crippen molar-refractivity contribution in [1.29, 1.82) is 0 Å². The van der Waals surface area contributed by atoms with E-state index in [0.717, 1.165) is 18.7 Å². The van der Waals surface area contributed by atoms with E-state index in [-0.39, 0.29) is 18.2 Å². The minimum Gasteiger partial charge on any atom is -0.300 e. The van der Waals surface area contributed by atoms with E-state index in [1.807, 2.05) is 30.3 Å². The highest BCUT2D eigenvalue weighted by molar-refractivity contribution is 5.96. The summed E-state index contributed by atoms with van der Waals surface area (Å²) in [5.41, 5.74) is 0.847. The molecule has 1 aromatic carbocycles. The van der Waals surface area contributed by atoms with Crippen molar-refractivity contribution < 1.29 is 4.79 Å². The molecule has 1 aliphatic heterocycles. The van der Waals surface area contributed by atoms with E-state index in [4.69, 9.17) is 0 Å². The van der Waals surface area contributed by atoms with Crippen molar-refractivity contribution in [3.05, 3.63) is 35.9 Å². The van der Waals surface area contributed by atoms with Crippen molar-refractivity contribution in [2.24, 2.45) is 0 Å². The molecule has 0 spiro atoms. The van der Waals surface area contributed by atoms with Crippen LogP contribution in [0.15, 0.2) is 30.3 Å². The molecule has 1 aromatic rings. The van der Waals surface area contributed by atoms with Crippen molar-refractivity contribution in [2.75, 3.05) is 13.1 Å². The molecule has 0 aliphatic carbocycles. The Morgan fingerprint density at radius 3 is 2.68 bits per heavy atom. The summed E-state index contributed by atoms with van der Waals surface area (Å²) in [6.07, 6.45) is 5.88. The van der Waals surface area contributed by atoms with Crippen molar-refractivity contribution in [1.82, 2.24) is 4.90 Å². The molecular weight excluding hydrogens is 258 g/mol. The molecule has 0 radical (unpaired) electrons. The number of hydrogen-bond acceptors (Lipinski definition) is 2. The van der Waals surface area contributed by atoms with Crippen molar-refractivity contribution in [3.63, 3.8) is 0 Å². The lowest BCUT2D eigenvalue weighted by Crippen LogP contribution is -2.34. The molecule has 2 nitrogen and oxygen atoms in total. The number of rotatable bonds is 4. The Morgan fingerprint density at radius 2 is 1.95 bits per heavy atom. The van der Waals surface area contributed by atoms with Gasteiger partial charge < -0.3 is 4.90 Å². The zero-order chi connectivity index (χ0) is 12.8. The number of benzene rings is 1. The maximum atomic E-state index is 12.1. The van der Waals surface area contributed by atoms with E-state index >= 15 is 0 Å².